The lowest BCUT2D eigenvalue weighted by Crippen LogP contribution is -2.37. The lowest BCUT2D eigenvalue weighted by Gasteiger charge is -2.27. The Hall–Kier alpha value is -2.90. The monoisotopic (exact) mass is 507 g/mol. The van der Waals surface area contributed by atoms with Crippen molar-refractivity contribution in [3.05, 3.63) is 36.2 Å². The molecule has 4 heterocycles. The fraction of sp³-hybridized carbons (Fsp3) is 0.500. The number of para-hydroxylation sites is 2. The Morgan fingerprint density at radius 3 is 2.51 bits per heavy atom. The van der Waals surface area contributed by atoms with Gasteiger partial charge in [0.1, 0.15) is 11.6 Å². The number of nitrogens with zero attached hydrogens (tertiary/aromatic N) is 6. The molecule has 0 spiro atoms. The van der Waals surface area contributed by atoms with Crippen molar-refractivity contribution in [2.45, 2.75) is 19.3 Å². The summed E-state index contributed by atoms with van der Waals surface area (Å²) in [6, 6.07) is 8.42. The topological polar surface area (TPSA) is 105 Å². The second kappa shape index (κ2) is 9.99. The summed E-state index contributed by atoms with van der Waals surface area (Å²) in [6.45, 7) is 3.33. The number of hydrogen-bond acceptors (Lipinski definition) is 8. The van der Waals surface area contributed by atoms with Crippen molar-refractivity contribution in [2.75, 3.05) is 61.9 Å². The summed E-state index contributed by atoms with van der Waals surface area (Å²) in [4.78, 5) is 15.2. The highest BCUT2D eigenvalue weighted by atomic mass is 32.2. The largest absolute Gasteiger partial charge is 0.378 e. The lowest BCUT2D eigenvalue weighted by atomic mass is 10.3. The molecule has 2 saturated heterocycles. The maximum absolute atomic E-state index is 13.9. The van der Waals surface area contributed by atoms with E-state index in [0.29, 0.717) is 62.2 Å². The van der Waals surface area contributed by atoms with Gasteiger partial charge in [-0.25, -0.2) is 26.5 Å². The average Bonchev–Trinajstić information content (AvgIpc) is 3.53. The van der Waals surface area contributed by atoms with Gasteiger partial charge in [-0.3, -0.25) is 4.57 Å². The van der Waals surface area contributed by atoms with Crippen LogP contribution in [0.25, 0.3) is 16.9 Å². The molecule has 35 heavy (non-hydrogen) atoms. The average molecular weight is 508 g/mol. The van der Waals surface area contributed by atoms with Crippen molar-refractivity contribution >= 4 is 32.8 Å². The van der Waals surface area contributed by atoms with Gasteiger partial charge in [-0.15, -0.1) is 0 Å². The van der Waals surface area contributed by atoms with E-state index < -0.39 is 22.3 Å². The van der Waals surface area contributed by atoms with Crippen LogP contribution in [0.2, 0.25) is 0 Å². The Morgan fingerprint density at radius 1 is 1.03 bits per heavy atom. The molecule has 2 aliphatic heterocycles. The van der Waals surface area contributed by atoms with Crippen LogP contribution in [0.5, 0.6) is 0 Å². The summed E-state index contributed by atoms with van der Waals surface area (Å²) in [7, 11) is -3.37. The zero-order chi connectivity index (χ0) is 24.4. The molecule has 0 bridgehead atoms. The van der Waals surface area contributed by atoms with Gasteiger partial charge in [-0.05, 0) is 25.0 Å². The number of halogens is 2. The maximum Gasteiger partial charge on any atom is 0.296 e. The number of morpholine rings is 1. The van der Waals surface area contributed by atoms with Gasteiger partial charge in [0.25, 0.3) is 6.43 Å². The van der Waals surface area contributed by atoms with E-state index in [2.05, 4.69) is 20.3 Å². The number of rotatable bonds is 8. The summed E-state index contributed by atoms with van der Waals surface area (Å²) in [6.07, 6.45) is -1.07. The van der Waals surface area contributed by atoms with Crippen LogP contribution in [0, 0.1) is 0 Å². The van der Waals surface area contributed by atoms with Gasteiger partial charge in [0, 0.05) is 38.8 Å². The smallest absolute Gasteiger partial charge is 0.296 e. The molecule has 0 unspecified atom stereocenters. The first-order chi connectivity index (χ1) is 16.9. The van der Waals surface area contributed by atoms with Crippen LogP contribution in [0.15, 0.2) is 30.3 Å². The van der Waals surface area contributed by atoms with Crippen molar-refractivity contribution in [1.29, 1.82) is 0 Å². The third-order valence-electron chi connectivity index (χ3n) is 6.13. The summed E-state index contributed by atoms with van der Waals surface area (Å²) in [5, 5.41) is 3.07. The van der Waals surface area contributed by atoms with Crippen LogP contribution in [0.4, 0.5) is 20.5 Å². The van der Waals surface area contributed by atoms with E-state index in [1.165, 1.54) is 8.87 Å². The van der Waals surface area contributed by atoms with E-state index in [1.54, 1.807) is 30.3 Å². The van der Waals surface area contributed by atoms with Gasteiger partial charge in [-0.1, -0.05) is 12.1 Å². The summed E-state index contributed by atoms with van der Waals surface area (Å²) in [5.74, 6) is 0.436. The van der Waals surface area contributed by atoms with Crippen LogP contribution in [-0.2, 0) is 14.8 Å². The SMILES string of the molecule is O=S(=O)(CCNc1cc(-n2c(C(F)F)nc3ccccc32)nc(N2CCOCC2)n1)N1CCCC1. The first-order valence-corrected chi connectivity index (χ1v) is 13.2. The third-order valence-corrected chi connectivity index (χ3v) is 8.00. The van der Waals surface area contributed by atoms with Crippen molar-refractivity contribution in [3.63, 3.8) is 0 Å². The van der Waals surface area contributed by atoms with E-state index in [-0.39, 0.29) is 18.1 Å². The van der Waals surface area contributed by atoms with Crippen LogP contribution < -0.4 is 10.2 Å². The second-order valence-electron chi connectivity index (χ2n) is 8.45. The van der Waals surface area contributed by atoms with Crippen LogP contribution in [0.3, 0.4) is 0 Å². The molecule has 0 saturated carbocycles. The Morgan fingerprint density at radius 2 is 1.77 bits per heavy atom. The first kappa shape index (κ1) is 23.8. The number of sulfonamides is 1. The fourth-order valence-electron chi connectivity index (χ4n) is 4.37. The number of benzene rings is 1. The molecule has 0 aliphatic carbocycles. The summed E-state index contributed by atoms with van der Waals surface area (Å²) >= 11 is 0. The second-order valence-corrected chi connectivity index (χ2v) is 10.5. The minimum absolute atomic E-state index is 0.0878. The number of alkyl halides is 2. The minimum atomic E-state index is -3.37. The number of imidazole rings is 1. The molecular formula is C22H27F2N7O3S. The van der Waals surface area contributed by atoms with Gasteiger partial charge in [0.05, 0.1) is 30.0 Å². The molecule has 10 nitrogen and oxygen atoms in total. The highest BCUT2D eigenvalue weighted by Gasteiger charge is 2.26. The van der Waals surface area contributed by atoms with Gasteiger partial charge < -0.3 is 15.0 Å². The number of ether oxygens (including phenoxy) is 1. The summed E-state index contributed by atoms with van der Waals surface area (Å²) in [5.41, 5.74) is 0.928. The van der Waals surface area contributed by atoms with E-state index >= 15 is 0 Å². The van der Waals surface area contributed by atoms with Crippen LogP contribution in [-0.4, -0.2) is 83.9 Å². The van der Waals surface area contributed by atoms with Crippen LogP contribution in [0.1, 0.15) is 25.1 Å². The molecule has 2 aromatic heterocycles. The molecule has 13 heteroatoms. The molecule has 0 amide bonds. The van der Waals surface area contributed by atoms with Gasteiger partial charge in [0.15, 0.2) is 5.82 Å². The quantitative estimate of drug-likeness (QED) is 0.496. The number of fused-ring (bicyclic) bond motifs is 1. The third kappa shape index (κ3) is 5.07. The molecule has 1 N–H and O–H groups in total. The molecule has 5 rings (SSSR count). The predicted molar refractivity (Wildman–Crippen MR) is 128 cm³/mol. The van der Waals surface area contributed by atoms with Crippen LogP contribution >= 0.6 is 0 Å². The Balaban J connectivity index is 1.49. The molecule has 2 aliphatic rings. The Labute approximate surface area is 202 Å². The Kier molecular flexibility index (Phi) is 6.80. The molecule has 188 valence electrons. The highest BCUT2D eigenvalue weighted by Crippen LogP contribution is 2.29. The highest BCUT2D eigenvalue weighted by molar-refractivity contribution is 7.89. The van der Waals surface area contributed by atoms with Gasteiger partial charge in [0.2, 0.25) is 16.0 Å². The molecule has 1 aromatic carbocycles. The Bertz CT molecular complexity index is 1290. The number of aromatic nitrogens is 4. The normalized spacial score (nSPS) is 17.5. The van der Waals surface area contributed by atoms with E-state index in [9.17, 15) is 17.2 Å². The van der Waals surface area contributed by atoms with Crippen molar-refractivity contribution in [3.8, 4) is 5.82 Å². The molecule has 0 radical (unpaired) electrons. The van der Waals surface area contributed by atoms with E-state index in [1.807, 2.05) is 4.90 Å². The molecule has 0 atom stereocenters. The zero-order valence-corrected chi connectivity index (χ0v) is 19.9. The number of anilines is 2. The lowest BCUT2D eigenvalue weighted by molar-refractivity contribution is 0.122. The van der Waals surface area contributed by atoms with Crippen molar-refractivity contribution in [1.82, 2.24) is 23.8 Å². The fourth-order valence-corrected chi connectivity index (χ4v) is 5.80. The van der Waals surface area contributed by atoms with E-state index in [0.717, 1.165) is 12.8 Å². The minimum Gasteiger partial charge on any atom is -0.378 e. The van der Waals surface area contributed by atoms with E-state index in [4.69, 9.17) is 4.74 Å². The molecule has 2 fully saturated rings. The first-order valence-electron chi connectivity index (χ1n) is 11.6. The van der Waals surface area contributed by atoms with Gasteiger partial charge >= 0.3 is 0 Å². The molecular weight excluding hydrogens is 480 g/mol. The predicted octanol–water partition coefficient (Wildman–Crippen LogP) is 2.43. The molecule has 3 aromatic rings. The maximum atomic E-state index is 13.9. The number of nitrogens with one attached hydrogen (secondary N) is 1. The zero-order valence-electron chi connectivity index (χ0n) is 19.1. The number of hydrogen-bond donors (Lipinski definition) is 1. The van der Waals surface area contributed by atoms with Gasteiger partial charge in [-0.2, -0.15) is 9.97 Å². The van der Waals surface area contributed by atoms with Crippen molar-refractivity contribution in [2.24, 2.45) is 0 Å². The van der Waals surface area contributed by atoms with Crippen molar-refractivity contribution < 1.29 is 21.9 Å². The standard InChI is InChI=1S/C22H27F2N7O3S/c23-20(24)21-26-16-5-1-2-6-17(16)31(21)19-15-18(27-22(28-19)29-10-12-34-13-11-29)25-7-14-35(32,33)30-8-3-4-9-30/h1-2,5-6,15,20H,3-4,7-14H2,(H,25,27,28). The summed E-state index contributed by atoms with van der Waals surface area (Å²) < 4.78 is 61.3.